The van der Waals surface area contributed by atoms with Crippen LogP contribution in [-0.2, 0) is 11.4 Å². The number of anilines is 1. The molecule has 1 unspecified atom stereocenters. The van der Waals surface area contributed by atoms with Gasteiger partial charge >= 0.3 is 0 Å². The van der Waals surface area contributed by atoms with E-state index in [-0.39, 0.29) is 18.4 Å². The van der Waals surface area contributed by atoms with E-state index >= 15 is 0 Å². The maximum absolute atomic E-state index is 11.9. The monoisotopic (exact) mass is 251 g/mol. The number of carbonyl (C=O) groups is 1. The Morgan fingerprint density at radius 2 is 2.22 bits per heavy atom. The van der Waals surface area contributed by atoms with E-state index in [0.29, 0.717) is 22.7 Å². The molecule has 0 saturated heterocycles. The van der Waals surface area contributed by atoms with Crippen LogP contribution in [0.3, 0.4) is 0 Å². The van der Waals surface area contributed by atoms with Gasteiger partial charge in [-0.15, -0.1) is 0 Å². The molecule has 1 aliphatic heterocycles. The lowest BCUT2D eigenvalue weighted by atomic mass is 10.0. The van der Waals surface area contributed by atoms with E-state index in [2.05, 4.69) is 5.32 Å². The second-order valence-corrected chi connectivity index (χ2v) is 4.60. The van der Waals surface area contributed by atoms with Crippen molar-refractivity contribution in [2.75, 3.05) is 12.4 Å². The highest BCUT2D eigenvalue weighted by molar-refractivity contribution is 5.98. The molecule has 0 fully saturated rings. The summed E-state index contributed by atoms with van der Waals surface area (Å²) in [4.78, 5) is 11.9. The van der Waals surface area contributed by atoms with Gasteiger partial charge in [0.2, 0.25) is 0 Å². The van der Waals surface area contributed by atoms with Crippen LogP contribution >= 0.6 is 0 Å². The number of fused-ring (bicyclic) bond motifs is 1. The zero-order valence-corrected chi connectivity index (χ0v) is 10.7. The van der Waals surface area contributed by atoms with Gasteiger partial charge in [0.25, 0.3) is 5.91 Å². The average molecular weight is 251 g/mol. The number of methoxy groups -OCH3 is 1. The predicted molar refractivity (Wildman–Crippen MR) is 66.8 cm³/mol. The van der Waals surface area contributed by atoms with Gasteiger partial charge in [-0.25, -0.2) is 0 Å². The van der Waals surface area contributed by atoms with E-state index in [1.54, 1.807) is 12.1 Å². The Morgan fingerprint density at radius 3 is 2.78 bits per heavy atom. The number of ether oxygens (including phenoxy) is 2. The van der Waals surface area contributed by atoms with Crippen LogP contribution in [-0.4, -0.2) is 24.2 Å². The molecule has 18 heavy (non-hydrogen) atoms. The van der Waals surface area contributed by atoms with Gasteiger partial charge in [-0.1, -0.05) is 13.8 Å². The van der Waals surface area contributed by atoms with Crippen molar-refractivity contribution in [1.29, 1.82) is 0 Å². The fourth-order valence-corrected chi connectivity index (χ4v) is 1.94. The van der Waals surface area contributed by atoms with Crippen molar-refractivity contribution < 1.29 is 19.4 Å². The summed E-state index contributed by atoms with van der Waals surface area (Å²) in [5.41, 5.74) is 1.21. The molecule has 0 saturated carbocycles. The number of carbonyl (C=O) groups excluding carboxylic acids is 1. The van der Waals surface area contributed by atoms with Crippen molar-refractivity contribution >= 4 is 11.6 Å². The molecule has 1 aliphatic rings. The SMILES string of the molecule is COc1cc(CO)cc2c1OC(C(C)C)C(=O)N2. The number of rotatable bonds is 3. The molecule has 1 heterocycles. The van der Waals surface area contributed by atoms with Gasteiger partial charge in [0.05, 0.1) is 19.4 Å². The maximum atomic E-state index is 11.9. The smallest absolute Gasteiger partial charge is 0.265 e. The maximum Gasteiger partial charge on any atom is 0.265 e. The number of aliphatic hydroxyl groups excluding tert-OH is 1. The summed E-state index contributed by atoms with van der Waals surface area (Å²) in [5, 5.41) is 11.9. The number of hydrogen-bond donors (Lipinski definition) is 2. The van der Waals surface area contributed by atoms with Crippen LogP contribution in [0.5, 0.6) is 11.5 Å². The summed E-state index contributed by atoms with van der Waals surface area (Å²) < 4.78 is 10.9. The summed E-state index contributed by atoms with van der Waals surface area (Å²) >= 11 is 0. The third kappa shape index (κ3) is 2.13. The van der Waals surface area contributed by atoms with Gasteiger partial charge < -0.3 is 19.9 Å². The van der Waals surface area contributed by atoms with E-state index < -0.39 is 6.10 Å². The average Bonchev–Trinajstić information content (AvgIpc) is 2.35. The highest BCUT2D eigenvalue weighted by atomic mass is 16.5. The zero-order chi connectivity index (χ0) is 13.3. The van der Waals surface area contributed by atoms with Crippen molar-refractivity contribution in [3.05, 3.63) is 17.7 Å². The molecule has 98 valence electrons. The van der Waals surface area contributed by atoms with E-state index in [9.17, 15) is 4.79 Å². The van der Waals surface area contributed by atoms with E-state index in [0.717, 1.165) is 0 Å². The number of amides is 1. The molecule has 5 nitrogen and oxygen atoms in total. The third-order valence-corrected chi connectivity index (χ3v) is 2.88. The molecule has 1 aromatic carbocycles. The minimum absolute atomic E-state index is 0.0698. The Kier molecular flexibility index (Phi) is 3.43. The first-order valence-corrected chi connectivity index (χ1v) is 5.86. The fourth-order valence-electron chi connectivity index (χ4n) is 1.94. The second kappa shape index (κ2) is 4.86. The van der Waals surface area contributed by atoms with E-state index in [4.69, 9.17) is 14.6 Å². The minimum atomic E-state index is -0.522. The Hall–Kier alpha value is -1.75. The highest BCUT2D eigenvalue weighted by Crippen LogP contribution is 2.40. The Labute approximate surface area is 106 Å². The van der Waals surface area contributed by atoms with Gasteiger partial charge in [-0.3, -0.25) is 4.79 Å². The highest BCUT2D eigenvalue weighted by Gasteiger charge is 2.32. The summed E-state index contributed by atoms with van der Waals surface area (Å²) in [6.45, 7) is 3.72. The van der Waals surface area contributed by atoms with Crippen molar-refractivity contribution in [3.63, 3.8) is 0 Å². The van der Waals surface area contributed by atoms with Crippen LogP contribution in [0.25, 0.3) is 0 Å². The Morgan fingerprint density at radius 1 is 1.50 bits per heavy atom. The molecule has 0 bridgehead atoms. The Bertz CT molecular complexity index is 470. The molecule has 0 radical (unpaired) electrons. The molecule has 2 rings (SSSR count). The van der Waals surface area contributed by atoms with Crippen molar-refractivity contribution in [3.8, 4) is 11.5 Å². The molecule has 0 aliphatic carbocycles. The summed E-state index contributed by atoms with van der Waals surface area (Å²) in [5.74, 6) is 0.935. The first kappa shape index (κ1) is 12.7. The van der Waals surface area contributed by atoms with Crippen LogP contribution in [0.1, 0.15) is 19.4 Å². The van der Waals surface area contributed by atoms with Crippen LogP contribution in [0.2, 0.25) is 0 Å². The Balaban J connectivity index is 2.45. The van der Waals surface area contributed by atoms with Gasteiger partial charge in [0.1, 0.15) is 0 Å². The molecular weight excluding hydrogens is 234 g/mol. The predicted octanol–water partition coefficient (Wildman–Crippen LogP) is 1.54. The first-order chi connectivity index (χ1) is 8.56. The normalized spacial score (nSPS) is 18.1. The van der Waals surface area contributed by atoms with Crippen LogP contribution in [0.4, 0.5) is 5.69 Å². The molecule has 1 amide bonds. The molecule has 0 aromatic heterocycles. The van der Waals surface area contributed by atoms with Crippen molar-refractivity contribution in [2.45, 2.75) is 26.6 Å². The number of hydrogen-bond acceptors (Lipinski definition) is 4. The van der Waals surface area contributed by atoms with Crippen LogP contribution < -0.4 is 14.8 Å². The van der Waals surface area contributed by atoms with Gasteiger partial charge in [0, 0.05) is 0 Å². The van der Waals surface area contributed by atoms with Gasteiger partial charge in [-0.2, -0.15) is 0 Å². The van der Waals surface area contributed by atoms with E-state index in [1.807, 2.05) is 13.8 Å². The zero-order valence-electron chi connectivity index (χ0n) is 10.7. The summed E-state index contributed by atoms with van der Waals surface area (Å²) in [6, 6.07) is 3.39. The summed E-state index contributed by atoms with van der Waals surface area (Å²) in [6.07, 6.45) is -0.522. The standard InChI is InChI=1S/C13H17NO4/c1-7(2)11-13(16)14-9-4-8(6-15)5-10(17-3)12(9)18-11/h4-5,7,11,15H,6H2,1-3H3,(H,14,16). The lowest BCUT2D eigenvalue weighted by Gasteiger charge is -2.29. The van der Waals surface area contributed by atoms with Crippen LogP contribution in [0.15, 0.2) is 12.1 Å². The summed E-state index contributed by atoms with van der Waals surface area (Å²) in [7, 11) is 1.53. The topological polar surface area (TPSA) is 67.8 Å². The molecule has 5 heteroatoms. The number of benzene rings is 1. The van der Waals surface area contributed by atoms with Gasteiger partial charge in [0.15, 0.2) is 17.6 Å². The molecular formula is C13H17NO4. The first-order valence-electron chi connectivity index (χ1n) is 5.86. The molecule has 0 spiro atoms. The number of nitrogens with one attached hydrogen (secondary N) is 1. The lowest BCUT2D eigenvalue weighted by molar-refractivity contribution is -0.125. The molecule has 2 N–H and O–H groups in total. The molecule has 1 aromatic rings. The molecule has 1 atom stereocenters. The van der Waals surface area contributed by atoms with Gasteiger partial charge in [-0.05, 0) is 23.6 Å². The fraction of sp³-hybridized carbons (Fsp3) is 0.462. The lowest BCUT2D eigenvalue weighted by Crippen LogP contribution is -2.40. The van der Waals surface area contributed by atoms with Crippen LogP contribution in [0, 0.1) is 5.92 Å². The van der Waals surface area contributed by atoms with E-state index in [1.165, 1.54) is 7.11 Å². The second-order valence-electron chi connectivity index (χ2n) is 4.60. The minimum Gasteiger partial charge on any atom is -0.493 e. The van der Waals surface area contributed by atoms with Crippen molar-refractivity contribution in [2.24, 2.45) is 5.92 Å². The quantitative estimate of drug-likeness (QED) is 0.855. The largest absolute Gasteiger partial charge is 0.493 e. The third-order valence-electron chi connectivity index (χ3n) is 2.88. The van der Waals surface area contributed by atoms with Crippen molar-refractivity contribution in [1.82, 2.24) is 0 Å². The number of aliphatic hydroxyl groups is 1.